The molecule has 2 fully saturated rings. The Hall–Kier alpha value is -1.34. The molecular weight excluding hydrogens is 264 g/mol. The first-order valence-electron chi connectivity index (χ1n) is 7.10. The summed E-state index contributed by atoms with van der Waals surface area (Å²) in [6, 6.07) is -0.325. The number of aliphatic hydroxyl groups excluding tert-OH is 1. The van der Waals surface area contributed by atoms with Crippen LogP contribution in [0.25, 0.3) is 0 Å². The van der Waals surface area contributed by atoms with Gasteiger partial charge >= 0.3 is 12.0 Å². The fraction of sp³-hybridized carbons (Fsp3) is 0.846. The Morgan fingerprint density at radius 1 is 1.35 bits per heavy atom. The number of amides is 2. The molecule has 0 radical (unpaired) electrons. The van der Waals surface area contributed by atoms with E-state index in [-0.39, 0.29) is 32.2 Å². The van der Waals surface area contributed by atoms with Gasteiger partial charge in [0.25, 0.3) is 0 Å². The minimum atomic E-state index is -1.33. The molecule has 1 heterocycles. The highest BCUT2D eigenvalue weighted by molar-refractivity contribution is 5.86. The van der Waals surface area contributed by atoms with Crippen LogP contribution in [0.4, 0.5) is 4.79 Å². The average Bonchev–Trinajstić information content (AvgIpc) is 3.07. The van der Waals surface area contributed by atoms with E-state index in [0.717, 1.165) is 25.7 Å². The monoisotopic (exact) mass is 286 g/mol. The molecule has 1 aliphatic carbocycles. The van der Waals surface area contributed by atoms with Crippen LogP contribution in [-0.2, 0) is 9.53 Å². The van der Waals surface area contributed by atoms with Crippen molar-refractivity contribution in [2.75, 3.05) is 26.4 Å². The van der Waals surface area contributed by atoms with Crippen molar-refractivity contribution >= 4 is 12.0 Å². The maximum Gasteiger partial charge on any atom is 0.332 e. The third-order valence-corrected chi connectivity index (χ3v) is 4.14. The van der Waals surface area contributed by atoms with E-state index < -0.39 is 17.5 Å². The number of rotatable bonds is 5. The molecule has 114 valence electrons. The molecule has 3 N–H and O–H groups in total. The molecule has 1 atom stereocenters. The lowest BCUT2D eigenvalue weighted by atomic mass is 9.99. The number of hydrogen-bond donors (Lipinski definition) is 3. The van der Waals surface area contributed by atoms with Crippen LogP contribution in [0.15, 0.2) is 0 Å². The first kappa shape index (κ1) is 15.1. The molecule has 7 heteroatoms. The predicted molar refractivity (Wildman–Crippen MR) is 70.4 cm³/mol. The smallest absolute Gasteiger partial charge is 0.332 e. The number of carboxylic acid groups (broad SMARTS) is 1. The molecule has 0 bridgehead atoms. The van der Waals surface area contributed by atoms with Crippen molar-refractivity contribution in [2.45, 2.75) is 43.7 Å². The summed E-state index contributed by atoms with van der Waals surface area (Å²) in [5.74, 6) is -1.07. The van der Waals surface area contributed by atoms with E-state index in [1.807, 2.05) is 0 Å². The molecule has 20 heavy (non-hydrogen) atoms. The summed E-state index contributed by atoms with van der Waals surface area (Å²) in [6.45, 7) is 0.426. The van der Waals surface area contributed by atoms with E-state index in [0.29, 0.717) is 6.61 Å². The zero-order chi connectivity index (χ0) is 14.6. The third-order valence-electron chi connectivity index (χ3n) is 4.14. The second-order valence-electron chi connectivity index (χ2n) is 5.48. The van der Waals surface area contributed by atoms with Crippen LogP contribution < -0.4 is 5.32 Å². The lowest BCUT2D eigenvalue weighted by Gasteiger charge is -2.32. The van der Waals surface area contributed by atoms with Crippen LogP contribution in [0.2, 0.25) is 0 Å². The van der Waals surface area contributed by atoms with Crippen LogP contribution >= 0.6 is 0 Å². The van der Waals surface area contributed by atoms with Crippen LogP contribution in [0.1, 0.15) is 32.1 Å². The molecule has 1 aliphatic heterocycles. The maximum absolute atomic E-state index is 12.4. The van der Waals surface area contributed by atoms with Crippen LogP contribution in [-0.4, -0.2) is 65.1 Å². The van der Waals surface area contributed by atoms with Crippen molar-refractivity contribution in [3.8, 4) is 0 Å². The number of nitrogens with one attached hydrogen (secondary N) is 1. The number of nitrogens with zero attached hydrogens (tertiary/aromatic N) is 1. The molecule has 1 unspecified atom stereocenters. The van der Waals surface area contributed by atoms with Gasteiger partial charge in [0, 0.05) is 25.6 Å². The number of urea groups is 1. The Balaban J connectivity index is 2.05. The first-order valence-corrected chi connectivity index (χ1v) is 7.10. The standard InChI is InChI=1S/C13H22N2O5/c16-7-6-15(10-3-1-2-4-10)12(19)14-13(11(17)18)5-8-20-9-13/h10,16H,1-9H2,(H,14,19)(H,17,18). The van der Waals surface area contributed by atoms with E-state index in [9.17, 15) is 14.7 Å². The van der Waals surface area contributed by atoms with Gasteiger partial charge in [-0.3, -0.25) is 0 Å². The highest BCUT2D eigenvalue weighted by Crippen LogP contribution is 2.25. The second-order valence-corrected chi connectivity index (χ2v) is 5.48. The third kappa shape index (κ3) is 3.04. The summed E-state index contributed by atoms with van der Waals surface area (Å²) < 4.78 is 5.12. The summed E-state index contributed by atoms with van der Waals surface area (Å²) in [5, 5.41) is 21.0. The van der Waals surface area contributed by atoms with E-state index in [2.05, 4.69) is 5.32 Å². The largest absolute Gasteiger partial charge is 0.479 e. The van der Waals surface area contributed by atoms with Gasteiger partial charge in [-0.05, 0) is 12.8 Å². The van der Waals surface area contributed by atoms with Crippen molar-refractivity contribution in [1.29, 1.82) is 0 Å². The summed E-state index contributed by atoms with van der Waals surface area (Å²) in [5.41, 5.74) is -1.33. The molecule has 7 nitrogen and oxygen atoms in total. The molecule has 1 saturated carbocycles. The van der Waals surface area contributed by atoms with Gasteiger partial charge in [0.15, 0.2) is 5.54 Å². The van der Waals surface area contributed by atoms with E-state index in [1.54, 1.807) is 4.90 Å². The van der Waals surface area contributed by atoms with Crippen LogP contribution in [0.5, 0.6) is 0 Å². The minimum Gasteiger partial charge on any atom is -0.479 e. The predicted octanol–water partition coefficient (Wildman–Crippen LogP) is 0.177. The van der Waals surface area contributed by atoms with Crippen molar-refractivity contribution in [1.82, 2.24) is 10.2 Å². The summed E-state index contributed by atoms with van der Waals surface area (Å²) >= 11 is 0. The number of carboxylic acids is 1. The Morgan fingerprint density at radius 3 is 2.55 bits per heavy atom. The molecule has 1 saturated heterocycles. The lowest BCUT2D eigenvalue weighted by Crippen LogP contribution is -2.60. The van der Waals surface area contributed by atoms with Gasteiger partial charge in [-0.2, -0.15) is 0 Å². The maximum atomic E-state index is 12.4. The molecule has 0 aromatic heterocycles. The molecule has 0 aromatic rings. The van der Waals surface area contributed by atoms with E-state index in [4.69, 9.17) is 9.84 Å². The van der Waals surface area contributed by atoms with Gasteiger partial charge in [0.05, 0.1) is 13.2 Å². The number of carbonyl (C=O) groups excluding carboxylic acids is 1. The number of ether oxygens (including phenoxy) is 1. The Morgan fingerprint density at radius 2 is 2.05 bits per heavy atom. The highest BCUT2D eigenvalue weighted by Gasteiger charge is 2.45. The van der Waals surface area contributed by atoms with E-state index >= 15 is 0 Å². The molecule has 0 spiro atoms. The summed E-state index contributed by atoms with van der Waals surface area (Å²) in [4.78, 5) is 25.3. The van der Waals surface area contributed by atoms with Gasteiger partial charge in [-0.25, -0.2) is 9.59 Å². The zero-order valence-electron chi connectivity index (χ0n) is 11.5. The normalized spacial score (nSPS) is 26.6. The lowest BCUT2D eigenvalue weighted by molar-refractivity contribution is -0.144. The van der Waals surface area contributed by atoms with Crippen molar-refractivity contribution in [3.05, 3.63) is 0 Å². The number of carbonyl (C=O) groups is 2. The molecular formula is C13H22N2O5. The first-order chi connectivity index (χ1) is 9.59. The minimum absolute atomic E-state index is 0.00823. The van der Waals surface area contributed by atoms with Gasteiger partial charge in [0.1, 0.15) is 0 Å². The Kier molecular flexibility index (Phi) is 4.82. The summed E-state index contributed by atoms with van der Waals surface area (Å²) in [7, 11) is 0. The Bertz CT molecular complexity index is 362. The van der Waals surface area contributed by atoms with Crippen molar-refractivity contribution in [3.63, 3.8) is 0 Å². The molecule has 2 aliphatic rings. The molecule has 2 rings (SSSR count). The van der Waals surface area contributed by atoms with E-state index in [1.165, 1.54) is 0 Å². The summed E-state index contributed by atoms with van der Waals surface area (Å²) in [6.07, 6.45) is 4.21. The highest BCUT2D eigenvalue weighted by atomic mass is 16.5. The fourth-order valence-electron chi connectivity index (χ4n) is 2.94. The van der Waals surface area contributed by atoms with Gasteiger partial charge in [0.2, 0.25) is 0 Å². The Labute approximate surface area is 117 Å². The topological polar surface area (TPSA) is 99.1 Å². The average molecular weight is 286 g/mol. The zero-order valence-corrected chi connectivity index (χ0v) is 11.5. The van der Waals surface area contributed by atoms with Crippen LogP contribution in [0.3, 0.4) is 0 Å². The van der Waals surface area contributed by atoms with Gasteiger partial charge < -0.3 is 25.2 Å². The van der Waals surface area contributed by atoms with Gasteiger partial charge in [-0.1, -0.05) is 12.8 Å². The number of hydrogen-bond acceptors (Lipinski definition) is 4. The SMILES string of the molecule is O=C(NC1(C(=O)O)CCOC1)N(CCO)C1CCCC1. The quantitative estimate of drug-likeness (QED) is 0.669. The van der Waals surface area contributed by atoms with Crippen LogP contribution in [0, 0.1) is 0 Å². The molecule has 0 aromatic carbocycles. The number of aliphatic hydroxyl groups is 1. The number of aliphatic carboxylic acids is 1. The van der Waals surface area contributed by atoms with Crippen molar-refractivity contribution in [2.24, 2.45) is 0 Å². The molecule has 2 amide bonds. The van der Waals surface area contributed by atoms with Crippen molar-refractivity contribution < 1.29 is 24.5 Å². The fourth-order valence-corrected chi connectivity index (χ4v) is 2.94. The second kappa shape index (κ2) is 6.41. The van der Waals surface area contributed by atoms with Gasteiger partial charge in [-0.15, -0.1) is 0 Å².